The van der Waals surface area contributed by atoms with E-state index >= 15 is 0 Å². The van der Waals surface area contributed by atoms with Gasteiger partial charge in [-0.15, -0.1) is 0 Å². The molecule has 1 aliphatic rings. The van der Waals surface area contributed by atoms with Crippen LogP contribution in [-0.2, 0) is 20.7 Å². The molecule has 1 aromatic rings. The van der Waals surface area contributed by atoms with Gasteiger partial charge < -0.3 is 14.7 Å². The summed E-state index contributed by atoms with van der Waals surface area (Å²) in [6.45, 7) is 0.153. The topological polar surface area (TPSA) is 66.8 Å². The lowest BCUT2D eigenvalue weighted by Gasteiger charge is -2.41. The highest BCUT2D eigenvalue weighted by molar-refractivity contribution is 5.82. The van der Waals surface area contributed by atoms with Gasteiger partial charge in [-0.1, -0.05) is 30.3 Å². The Morgan fingerprint density at radius 2 is 1.95 bits per heavy atom. The normalized spacial score (nSPS) is 15.9. The number of nitrogens with zero attached hydrogens (tertiary/aromatic N) is 1. The zero-order valence-corrected chi connectivity index (χ0v) is 13.0. The maximum absolute atomic E-state index is 12.4. The van der Waals surface area contributed by atoms with Gasteiger partial charge >= 0.3 is 5.97 Å². The Morgan fingerprint density at radius 1 is 1.27 bits per heavy atom. The van der Waals surface area contributed by atoms with E-state index < -0.39 is 5.97 Å². The van der Waals surface area contributed by atoms with Gasteiger partial charge in [-0.05, 0) is 31.2 Å². The van der Waals surface area contributed by atoms with Crippen molar-refractivity contribution < 1.29 is 19.4 Å². The van der Waals surface area contributed by atoms with Crippen LogP contribution >= 0.6 is 0 Å². The molecule has 0 heterocycles. The predicted octanol–water partition coefficient (Wildman–Crippen LogP) is 2.10. The van der Waals surface area contributed by atoms with Gasteiger partial charge in [0.25, 0.3) is 0 Å². The van der Waals surface area contributed by atoms with E-state index in [2.05, 4.69) is 0 Å². The van der Waals surface area contributed by atoms with Gasteiger partial charge in [0.2, 0.25) is 5.91 Å². The summed E-state index contributed by atoms with van der Waals surface area (Å²) in [4.78, 5) is 24.9. The molecule has 120 valence electrons. The van der Waals surface area contributed by atoms with Gasteiger partial charge in [-0.25, -0.2) is 0 Å². The molecule has 22 heavy (non-hydrogen) atoms. The van der Waals surface area contributed by atoms with Crippen molar-refractivity contribution in [3.05, 3.63) is 35.9 Å². The number of carboxylic acids is 1. The second kappa shape index (κ2) is 7.40. The quantitative estimate of drug-likeness (QED) is 0.798. The number of amides is 1. The van der Waals surface area contributed by atoms with Crippen LogP contribution in [0.5, 0.6) is 0 Å². The van der Waals surface area contributed by atoms with Crippen molar-refractivity contribution in [2.45, 2.75) is 37.7 Å². The van der Waals surface area contributed by atoms with Gasteiger partial charge in [0.1, 0.15) is 6.54 Å². The maximum Gasteiger partial charge on any atom is 0.323 e. The molecule has 0 bridgehead atoms. The highest BCUT2D eigenvalue weighted by atomic mass is 16.5. The first-order chi connectivity index (χ1) is 10.5. The Bertz CT molecular complexity index is 505. The number of methoxy groups -OCH3 is 1. The summed E-state index contributed by atoms with van der Waals surface area (Å²) in [7, 11) is 1.62. The summed E-state index contributed by atoms with van der Waals surface area (Å²) >= 11 is 0. The number of hydrogen-bond donors (Lipinski definition) is 1. The van der Waals surface area contributed by atoms with E-state index in [0.29, 0.717) is 13.0 Å². The van der Waals surface area contributed by atoms with E-state index in [0.717, 1.165) is 24.8 Å². The van der Waals surface area contributed by atoms with Gasteiger partial charge in [0, 0.05) is 13.7 Å². The molecular weight excluding hydrogens is 282 g/mol. The Kier molecular flexibility index (Phi) is 5.55. The molecule has 0 saturated heterocycles. The van der Waals surface area contributed by atoms with Crippen molar-refractivity contribution >= 4 is 11.9 Å². The average molecular weight is 305 g/mol. The van der Waals surface area contributed by atoms with Crippen LogP contribution in [0.4, 0.5) is 0 Å². The number of benzene rings is 1. The molecule has 1 fully saturated rings. The second-order valence-corrected chi connectivity index (χ2v) is 5.86. The zero-order valence-electron chi connectivity index (χ0n) is 13.0. The van der Waals surface area contributed by atoms with Crippen molar-refractivity contribution in [2.24, 2.45) is 0 Å². The van der Waals surface area contributed by atoms with Crippen LogP contribution in [0.2, 0.25) is 0 Å². The number of rotatable bonds is 8. The lowest BCUT2D eigenvalue weighted by Crippen LogP contribution is -2.46. The van der Waals surface area contributed by atoms with Crippen LogP contribution in [0, 0.1) is 0 Å². The monoisotopic (exact) mass is 305 g/mol. The van der Waals surface area contributed by atoms with Crippen molar-refractivity contribution in [2.75, 3.05) is 20.2 Å². The predicted molar refractivity (Wildman–Crippen MR) is 82.6 cm³/mol. The first kappa shape index (κ1) is 16.5. The van der Waals surface area contributed by atoms with Gasteiger partial charge in [0.05, 0.1) is 12.0 Å². The van der Waals surface area contributed by atoms with Crippen LogP contribution in [-0.4, -0.2) is 47.7 Å². The largest absolute Gasteiger partial charge is 0.480 e. The molecule has 1 amide bonds. The maximum atomic E-state index is 12.4. The third-order valence-corrected chi connectivity index (χ3v) is 4.36. The van der Waals surface area contributed by atoms with Crippen molar-refractivity contribution in [1.29, 1.82) is 0 Å². The molecular formula is C17H23NO4. The molecule has 1 N–H and O–H groups in total. The van der Waals surface area contributed by atoms with E-state index in [9.17, 15) is 9.59 Å². The van der Waals surface area contributed by atoms with Crippen molar-refractivity contribution in [3.8, 4) is 0 Å². The summed E-state index contributed by atoms with van der Waals surface area (Å²) < 4.78 is 5.47. The molecule has 0 atom stereocenters. The molecule has 1 saturated carbocycles. The second-order valence-electron chi connectivity index (χ2n) is 5.86. The standard InChI is InChI=1S/C17H23NO4/c1-22-17(9-5-10-17)12-15(19)18(13-16(20)21)11-8-14-6-3-2-4-7-14/h2-4,6-7H,5,8-13H2,1H3,(H,20,21). The number of carbonyl (C=O) groups is 2. The molecule has 5 heteroatoms. The third-order valence-electron chi connectivity index (χ3n) is 4.36. The molecule has 2 rings (SSSR count). The SMILES string of the molecule is COC1(CC(=O)N(CCc2ccccc2)CC(=O)O)CCC1. The first-order valence-electron chi connectivity index (χ1n) is 7.63. The van der Waals surface area contributed by atoms with E-state index in [1.165, 1.54) is 4.90 Å². The summed E-state index contributed by atoms with van der Waals surface area (Å²) in [6.07, 6.45) is 3.72. The molecule has 0 aromatic heterocycles. The Morgan fingerprint density at radius 3 is 2.45 bits per heavy atom. The molecule has 1 aromatic carbocycles. The highest BCUT2D eigenvalue weighted by Gasteiger charge is 2.40. The third kappa shape index (κ3) is 4.31. The fourth-order valence-corrected chi connectivity index (χ4v) is 2.78. The van der Waals surface area contributed by atoms with Crippen LogP contribution in [0.15, 0.2) is 30.3 Å². The van der Waals surface area contributed by atoms with Crippen LogP contribution in [0.25, 0.3) is 0 Å². The van der Waals surface area contributed by atoms with E-state index in [-0.39, 0.29) is 24.5 Å². The smallest absolute Gasteiger partial charge is 0.323 e. The number of ether oxygens (including phenoxy) is 1. The lowest BCUT2D eigenvalue weighted by molar-refractivity contribution is -0.150. The number of carboxylic acid groups (broad SMARTS) is 1. The Balaban J connectivity index is 1.95. The highest BCUT2D eigenvalue weighted by Crippen LogP contribution is 2.38. The minimum Gasteiger partial charge on any atom is -0.480 e. The number of hydrogen-bond acceptors (Lipinski definition) is 3. The first-order valence-corrected chi connectivity index (χ1v) is 7.63. The minimum atomic E-state index is -0.985. The van der Waals surface area contributed by atoms with Crippen LogP contribution in [0.1, 0.15) is 31.2 Å². The fraction of sp³-hybridized carbons (Fsp3) is 0.529. The summed E-state index contributed by atoms with van der Waals surface area (Å²) in [5.41, 5.74) is 0.719. The lowest BCUT2D eigenvalue weighted by atomic mass is 9.77. The van der Waals surface area contributed by atoms with Gasteiger partial charge in [-0.3, -0.25) is 9.59 Å². The zero-order chi connectivity index (χ0) is 16.0. The van der Waals surface area contributed by atoms with E-state index in [1.807, 2.05) is 30.3 Å². The number of carbonyl (C=O) groups excluding carboxylic acids is 1. The average Bonchev–Trinajstić information content (AvgIpc) is 2.47. The molecule has 5 nitrogen and oxygen atoms in total. The summed E-state index contributed by atoms with van der Waals surface area (Å²) in [6, 6.07) is 9.76. The van der Waals surface area contributed by atoms with Crippen molar-refractivity contribution in [1.82, 2.24) is 4.90 Å². The van der Waals surface area contributed by atoms with E-state index in [1.54, 1.807) is 7.11 Å². The molecule has 0 aliphatic heterocycles. The summed E-state index contributed by atoms with van der Waals surface area (Å²) in [5, 5.41) is 9.03. The van der Waals surface area contributed by atoms with Crippen LogP contribution in [0.3, 0.4) is 0 Å². The summed E-state index contributed by atoms with van der Waals surface area (Å²) in [5.74, 6) is -1.12. The molecule has 0 unspecified atom stereocenters. The number of aliphatic carboxylic acids is 1. The fourth-order valence-electron chi connectivity index (χ4n) is 2.78. The Hall–Kier alpha value is -1.88. The van der Waals surface area contributed by atoms with Gasteiger partial charge in [0.15, 0.2) is 0 Å². The van der Waals surface area contributed by atoms with Crippen molar-refractivity contribution in [3.63, 3.8) is 0 Å². The molecule has 0 spiro atoms. The van der Waals surface area contributed by atoms with E-state index in [4.69, 9.17) is 9.84 Å². The molecule has 0 radical (unpaired) electrons. The van der Waals surface area contributed by atoms with Crippen LogP contribution < -0.4 is 0 Å². The Labute approximate surface area is 130 Å². The minimum absolute atomic E-state index is 0.139. The molecule has 1 aliphatic carbocycles. The van der Waals surface area contributed by atoms with Gasteiger partial charge in [-0.2, -0.15) is 0 Å².